The fourth-order valence-corrected chi connectivity index (χ4v) is 9.38. The predicted octanol–water partition coefficient (Wildman–Crippen LogP) is 14.1. The minimum Gasteiger partial charge on any atom is -0.256 e. The molecule has 4 heteroatoms. The second-order valence-corrected chi connectivity index (χ2v) is 15.8. The Morgan fingerprint density at radius 3 is 0.950 bits per heavy atom. The van der Waals surface area contributed by atoms with Crippen LogP contribution in [-0.2, 0) is 0 Å². The standard InChI is InChI=1S/C56H44N4/c1-4-15-51(48(12-1)39-20-26-42(27-21-39)54-18-7-9-32-57-54)45-36-46(52-16-5-2-13-49(52)40-22-28-43(29-23-40)55-19-8-10-33-58-55)38-47(37-45)53-17-6-3-14-50(53)41-24-30-44(31-25-41)56-59-34-11-35-60-56/h1-35,45-47H,36-38H2. The lowest BCUT2D eigenvalue weighted by Gasteiger charge is -2.38. The summed E-state index contributed by atoms with van der Waals surface area (Å²) in [6, 6.07) is 68.0. The maximum absolute atomic E-state index is 4.60. The molecule has 288 valence electrons. The van der Waals surface area contributed by atoms with Gasteiger partial charge in [0.15, 0.2) is 5.82 Å². The third kappa shape index (κ3) is 7.68. The average Bonchev–Trinajstić information content (AvgIpc) is 3.35. The summed E-state index contributed by atoms with van der Waals surface area (Å²) in [6.07, 6.45) is 10.5. The van der Waals surface area contributed by atoms with Gasteiger partial charge in [0.25, 0.3) is 0 Å². The molecule has 0 saturated heterocycles. The van der Waals surface area contributed by atoms with Gasteiger partial charge in [0, 0.05) is 41.5 Å². The first kappa shape index (κ1) is 37.0. The first-order valence-electron chi connectivity index (χ1n) is 20.9. The van der Waals surface area contributed by atoms with Gasteiger partial charge >= 0.3 is 0 Å². The van der Waals surface area contributed by atoms with Crippen LogP contribution in [0.15, 0.2) is 213 Å². The molecule has 0 N–H and O–H groups in total. The normalized spacial score (nSPS) is 16.3. The molecule has 1 aliphatic rings. The Kier molecular flexibility index (Phi) is 10.4. The maximum atomic E-state index is 4.60. The second-order valence-electron chi connectivity index (χ2n) is 15.8. The first-order chi connectivity index (χ1) is 29.7. The van der Waals surface area contributed by atoms with Crippen molar-refractivity contribution in [3.8, 4) is 67.3 Å². The summed E-state index contributed by atoms with van der Waals surface area (Å²) in [4.78, 5) is 18.2. The van der Waals surface area contributed by atoms with Gasteiger partial charge in [-0.3, -0.25) is 9.97 Å². The van der Waals surface area contributed by atoms with Gasteiger partial charge in [0.1, 0.15) is 0 Å². The van der Waals surface area contributed by atoms with E-state index in [0.717, 1.165) is 53.2 Å². The Hall–Kier alpha value is -7.30. The van der Waals surface area contributed by atoms with Gasteiger partial charge in [-0.2, -0.15) is 0 Å². The van der Waals surface area contributed by atoms with Gasteiger partial charge in [-0.05, 0) is 117 Å². The van der Waals surface area contributed by atoms with Crippen LogP contribution in [-0.4, -0.2) is 19.9 Å². The zero-order valence-electron chi connectivity index (χ0n) is 33.3. The molecule has 1 saturated carbocycles. The molecule has 0 radical (unpaired) electrons. The van der Waals surface area contributed by atoms with Gasteiger partial charge in [0.2, 0.25) is 0 Å². The molecule has 0 spiro atoms. The smallest absolute Gasteiger partial charge is 0.159 e. The molecule has 9 aromatic rings. The molecular weight excluding hydrogens is 729 g/mol. The molecule has 10 rings (SSSR count). The van der Waals surface area contributed by atoms with Crippen molar-refractivity contribution < 1.29 is 0 Å². The van der Waals surface area contributed by atoms with Gasteiger partial charge in [-0.1, -0.05) is 158 Å². The second kappa shape index (κ2) is 16.9. The molecule has 2 atom stereocenters. The van der Waals surface area contributed by atoms with Crippen LogP contribution in [0.1, 0.15) is 53.7 Å². The molecule has 4 nitrogen and oxygen atoms in total. The van der Waals surface area contributed by atoms with Crippen molar-refractivity contribution in [1.29, 1.82) is 0 Å². The number of nitrogens with zero attached hydrogens (tertiary/aromatic N) is 4. The fraction of sp³-hybridized carbons (Fsp3) is 0.107. The minimum atomic E-state index is 0.334. The van der Waals surface area contributed by atoms with E-state index < -0.39 is 0 Å². The quantitative estimate of drug-likeness (QED) is 0.147. The number of hydrogen-bond donors (Lipinski definition) is 0. The lowest BCUT2D eigenvalue weighted by atomic mass is 9.66. The van der Waals surface area contributed by atoms with Gasteiger partial charge in [-0.15, -0.1) is 0 Å². The van der Waals surface area contributed by atoms with Gasteiger partial charge < -0.3 is 0 Å². The van der Waals surface area contributed by atoms with Crippen LogP contribution in [0.4, 0.5) is 0 Å². The largest absolute Gasteiger partial charge is 0.256 e. The number of hydrogen-bond acceptors (Lipinski definition) is 4. The first-order valence-corrected chi connectivity index (χ1v) is 20.9. The Labute approximate surface area is 352 Å². The summed E-state index contributed by atoms with van der Waals surface area (Å²) in [5, 5.41) is 0. The van der Waals surface area contributed by atoms with Gasteiger partial charge in [-0.25, -0.2) is 9.97 Å². The van der Waals surface area contributed by atoms with Crippen molar-refractivity contribution in [2.75, 3.05) is 0 Å². The molecule has 6 aromatic carbocycles. The number of pyridine rings is 2. The van der Waals surface area contributed by atoms with Crippen molar-refractivity contribution in [3.63, 3.8) is 0 Å². The van der Waals surface area contributed by atoms with Crippen LogP contribution in [0.5, 0.6) is 0 Å². The van der Waals surface area contributed by atoms with Crippen LogP contribution in [0.2, 0.25) is 0 Å². The molecule has 60 heavy (non-hydrogen) atoms. The van der Waals surface area contributed by atoms with Crippen LogP contribution >= 0.6 is 0 Å². The van der Waals surface area contributed by atoms with E-state index >= 15 is 0 Å². The molecular formula is C56H44N4. The molecule has 1 aliphatic carbocycles. The van der Waals surface area contributed by atoms with E-state index in [-0.39, 0.29) is 0 Å². The molecule has 1 fully saturated rings. The Bertz CT molecular complexity index is 2500. The zero-order valence-corrected chi connectivity index (χ0v) is 33.3. The third-order valence-corrected chi connectivity index (χ3v) is 12.2. The lowest BCUT2D eigenvalue weighted by Crippen LogP contribution is -2.21. The van der Waals surface area contributed by atoms with Crippen LogP contribution in [0.25, 0.3) is 67.3 Å². The van der Waals surface area contributed by atoms with Gasteiger partial charge in [0.05, 0.1) is 11.4 Å². The molecule has 0 amide bonds. The van der Waals surface area contributed by atoms with Crippen molar-refractivity contribution in [3.05, 3.63) is 230 Å². The van der Waals surface area contributed by atoms with Crippen molar-refractivity contribution in [2.45, 2.75) is 37.0 Å². The number of benzene rings is 6. The molecule has 3 aromatic heterocycles. The summed E-state index contributed by atoms with van der Waals surface area (Å²) in [5.41, 5.74) is 17.1. The molecule has 2 unspecified atom stereocenters. The highest BCUT2D eigenvalue weighted by atomic mass is 14.8. The van der Waals surface area contributed by atoms with E-state index in [0.29, 0.717) is 17.8 Å². The van der Waals surface area contributed by atoms with Crippen LogP contribution < -0.4 is 0 Å². The highest BCUT2D eigenvalue weighted by Crippen LogP contribution is 2.52. The minimum absolute atomic E-state index is 0.334. The topological polar surface area (TPSA) is 51.6 Å². The Morgan fingerprint density at radius 1 is 0.267 bits per heavy atom. The summed E-state index contributed by atoms with van der Waals surface area (Å²) < 4.78 is 0. The SMILES string of the molecule is c1ccc(-c2ccc(-c3ccccc3C3CC(c4ccccc4-c4ccc(-c5ccccn5)cc4)CC(c4ccccc4-c4ccc(-c5ncccn5)cc4)C3)cc2)nc1. The molecule has 3 heterocycles. The summed E-state index contributed by atoms with van der Waals surface area (Å²) in [5.74, 6) is 1.75. The number of aromatic nitrogens is 4. The summed E-state index contributed by atoms with van der Waals surface area (Å²) >= 11 is 0. The number of rotatable bonds is 9. The summed E-state index contributed by atoms with van der Waals surface area (Å²) in [6.45, 7) is 0. The summed E-state index contributed by atoms with van der Waals surface area (Å²) in [7, 11) is 0. The monoisotopic (exact) mass is 772 g/mol. The van der Waals surface area contributed by atoms with Crippen LogP contribution in [0.3, 0.4) is 0 Å². The maximum Gasteiger partial charge on any atom is 0.159 e. The molecule has 0 aliphatic heterocycles. The highest BCUT2D eigenvalue weighted by Gasteiger charge is 2.34. The van der Waals surface area contributed by atoms with E-state index in [9.17, 15) is 0 Å². The van der Waals surface area contributed by atoms with E-state index in [1.165, 1.54) is 50.1 Å². The zero-order chi connectivity index (χ0) is 40.1. The third-order valence-electron chi connectivity index (χ3n) is 12.2. The fourth-order valence-electron chi connectivity index (χ4n) is 9.38. The van der Waals surface area contributed by atoms with Crippen molar-refractivity contribution >= 4 is 0 Å². The van der Waals surface area contributed by atoms with Crippen molar-refractivity contribution in [2.24, 2.45) is 0 Å². The van der Waals surface area contributed by atoms with E-state index in [2.05, 4.69) is 178 Å². The highest BCUT2D eigenvalue weighted by molar-refractivity contribution is 5.75. The van der Waals surface area contributed by atoms with Crippen LogP contribution in [0, 0.1) is 0 Å². The van der Waals surface area contributed by atoms with Crippen molar-refractivity contribution in [1.82, 2.24) is 19.9 Å². The van der Waals surface area contributed by atoms with E-state index in [1.54, 1.807) is 12.4 Å². The van der Waals surface area contributed by atoms with E-state index in [1.807, 2.05) is 42.7 Å². The molecule has 0 bridgehead atoms. The Balaban J connectivity index is 1.04. The lowest BCUT2D eigenvalue weighted by molar-refractivity contribution is 0.353. The predicted molar refractivity (Wildman–Crippen MR) is 245 cm³/mol. The average molecular weight is 773 g/mol. The van der Waals surface area contributed by atoms with E-state index in [4.69, 9.17) is 0 Å². The Morgan fingerprint density at radius 2 is 0.583 bits per heavy atom.